The van der Waals surface area contributed by atoms with Crippen molar-refractivity contribution in [1.29, 1.82) is 0 Å². The largest absolute Gasteiger partial charge is 0.465 e. The number of fused-ring (bicyclic) bond motifs is 1. The van der Waals surface area contributed by atoms with E-state index in [1.807, 2.05) is 0 Å². The highest BCUT2D eigenvalue weighted by Gasteiger charge is 2.19. The number of nitrogens with zero attached hydrogens (tertiary/aromatic N) is 2. The van der Waals surface area contributed by atoms with E-state index in [-0.39, 0.29) is 22.8 Å². The maximum absolute atomic E-state index is 12.7. The van der Waals surface area contributed by atoms with Gasteiger partial charge in [-0.3, -0.25) is 4.79 Å². The second-order valence-electron chi connectivity index (χ2n) is 5.50. The fraction of sp³-hybridized carbons (Fsp3) is 0.176. The molecule has 0 aliphatic rings. The standard InChI is InChI=1S/C17H13Cl3N2O4S2/c1-2-26-14(23)9-22-15-12(19)7-8-13(20)16(15)27-17(22)21-28(24,25)11-5-3-10(18)4-6-11/h3-8H,2,9H2,1H3/b21-17-. The Hall–Kier alpha value is -1.58. The number of hydrogen-bond acceptors (Lipinski definition) is 5. The van der Waals surface area contributed by atoms with Crippen LogP contribution in [0.4, 0.5) is 0 Å². The van der Waals surface area contributed by atoms with Gasteiger partial charge < -0.3 is 9.30 Å². The lowest BCUT2D eigenvalue weighted by Gasteiger charge is -2.06. The zero-order valence-corrected chi connectivity index (χ0v) is 18.3. The molecule has 3 aromatic rings. The van der Waals surface area contributed by atoms with Crippen molar-refractivity contribution in [1.82, 2.24) is 4.57 Å². The molecule has 0 fully saturated rings. The molecule has 6 nitrogen and oxygen atoms in total. The Morgan fingerprint density at radius 1 is 1.11 bits per heavy atom. The van der Waals surface area contributed by atoms with Gasteiger partial charge in [0.15, 0.2) is 0 Å². The van der Waals surface area contributed by atoms with Gasteiger partial charge in [-0.1, -0.05) is 46.1 Å². The first-order valence-electron chi connectivity index (χ1n) is 7.92. The second kappa shape index (κ2) is 8.42. The van der Waals surface area contributed by atoms with E-state index in [1.165, 1.54) is 28.8 Å². The molecule has 0 saturated carbocycles. The lowest BCUT2D eigenvalue weighted by molar-refractivity contribution is -0.143. The van der Waals surface area contributed by atoms with Crippen LogP contribution in [0.25, 0.3) is 10.2 Å². The number of aromatic nitrogens is 1. The van der Waals surface area contributed by atoms with Crippen molar-refractivity contribution in [2.24, 2.45) is 4.40 Å². The molecule has 2 aromatic carbocycles. The average Bonchev–Trinajstić information content (AvgIpc) is 2.97. The minimum atomic E-state index is -4.06. The highest BCUT2D eigenvalue weighted by atomic mass is 35.5. The predicted octanol–water partition coefficient (Wildman–Crippen LogP) is 4.52. The summed E-state index contributed by atoms with van der Waals surface area (Å²) in [7, 11) is -4.06. The molecule has 28 heavy (non-hydrogen) atoms. The Balaban J connectivity index is 2.26. The summed E-state index contributed by atoms with van der Waals surface area (Å²) in [5.74, 6) is -0.552. The zero-order valence-electron chi connectivity index (χ0n) is 14.4. The predicted molar refractivity (Wildman–Crippen MR) is 111 cm³/mol. The summed E-state index contributed by atoms with van der Waals surface area (Å²) in [5.41, 5.74) is 0.414. The first-order valence-corrected chi connectivity index (χ1v) is 11.3. The molecule has 0 saturated heterocycles. The van der Waals surface area contributed by atoms with Crippen LogP contribution in [0.2, 0.25) is 15.1 Å². The van der Waals surface area contributed by atoms with E-state index in [4.69, 9.17) is 39.5 Å². The molecule has 11 heteroatoms. The number of hydrogen-bond donors (Lipinski definition) is 0. The summed E-state index contributed by atoms with van der Waals surface area (Å²) in [4.78, 5) is 12.1. The van der Waals surface area contributed by atoms with Gasteiger partial charge in [0, 0.05) is 5.02 Å². The van der Waals surface area contributed by atoms with Gasteiger partial charge in [-0.05, 0) is 43.3 Å². The van der Waals surface area contributed by atoms with E-state index < -0.39 is 16.0 Å². The maximum Gasteiger partial charge on any atom is 0.326 e. The van der Waals surface area contributed by atoms with E-state index in [2.05, 4.69) is 4.40 Å². The third kappa shape index (κ3) is 4.36. The van der Waals surface area contributed by atoms with Crippen molar-refractivity contribution in [2.75, 3.05) is 6.61 Å². The molecule has 3 rings (SSSR count). The summed E-state index contributed by atoms with van der Waals surface area (Å²) < 4.78 is 36.2. The molecule has 0 atom stereocenters. The van der Waals surface area contributed by atoms with Gasteiger partial charge in [-0.25, -0.2) is 0 Å². The van der Waals surface area contributed by atoms with Crippen LogP contribution in [0.3, 0.4) is 0 Å². The van der Waals surface area contributed by atoms with E-state index in [9.17, 15) is 13.2 Å². The van der Waals surface area contributed by atoms with Gasteiger partial charge in [0.25, 0.3) is 10.0 Å². The molecule has 0 unspecified atom stereocenters. The lowest BCUT2D eigenvalue weighted by atomic mass is 10.3. The molecule has 1 aromatic heterocycles. The van der Waals surface area contributed by atoms with Gasteiger partial charge >= 0.3 is 5.97 Å². The molecular weight excluding hydrogens is 467 g/mol. The molecule has 0 bridgehead atoms. The fourth-order valence-corrected chi connectivity index (χ4v) is 5.40. The quantitative estimate of drug-likeness (QED) is 0.504. The maximum atomic E-state index is 12.7. The number of sulfonamides is 1. The Kier molecular flexibility index (Phi) is 6.36. The Morgan fingerprint density at radius 2 is 1.75 bits per heavy atom. The Bertz CT molecular complexity index is 1220. The van der Waals surface area contributed by atoms with Gasteiger partial charge in [0.2, 0.25) is 4.80 Å². The Labute approximate surface area is 180 Å². The summed E-state index contributed by atoms with van der Waals surface area (Å²) in [6, 6.07) is 8.77. The van der Waals surface area contributed by atoms with Crippen molar-refractivity contribution < 1.29 is 17.9 Å². The van der Waals surface area contributed by atoms with Crippen molar-refractivity contribution in [2.45, 2.75) is 18.4 Å². The van der Waals surface area contributed by atoms with Crippen LogP contribution in [0.15, 0.2) is 45.7 Å². The Morgan fingerprint density at radius 3 is 2.39 bits per heavy atom. The van der Waals surface area contributed by atoms with Gasteiger partial charge in [-0.15, -0.1) is 4.40 Å². The summed E-state index contributed by atoms with van der Waals surface area (Å²) >= 11 is 19.3. The first kappa shape index (κ1) is 21.1. The summed E-state index contributed by atoms with van der Waals surface area (Å²) in [6.07, 6.45) is 0. The van der Waals surface area contributed by atoms with Gasteiger partial charge in [-0.2, -0.15) is 8.42 Å². The van der Waals surface area contributed by atoms with Crippen LogP contribution in [0.5, 0.6) is 0 Å². The number of carbonyl (C=O) groups excluding carboxylic acids is 1. The number of carbonyl (C=O) groups is 1. The number of halogens is 3. The number of ether oxygens (including phenoxy) is 1. The topological polar surface area (TPSA) is 77.7 Å². The van der Waals surface area contributed by atoms with Crippen LogP contribution < -0.4 is 4.80 Å². The van der Waals surface area contributed by atoms with Crippen molar-refractivity contribution in [3.8, 4) is 0 Å². The minimum absolute atomic E-state index is 0.0331. The fourth-order valence-electron chi connectivity index (χ4n) is 2.43. The first-order chi connectivity index (χ1) is 13.2. The van der Waals surface area contributed by atoms with E-state index in [0.717, 1.165) is 11.3 Å². The lowest BCUT2D eigenvalue weighted by Crippen LogP contribution is -2.23. The second-order valence-corrected chi connectivity index (χ2v) is 9.34. The van der Waals surface area contributed by atoms with E-state index in [0.29, 0.717) is 25.3 Å². The monoisotopic (exact) mass is 478 g/mol. The highest BCUT2D eigenvalue weighted by molar-refractivity contribution is 7.90. The highest BCUT2D eigenvalue weighted by Crippen LogP contribution is 2.32. The zero-order chi connectivity index (χ0) is 20.5. The van der Waals surface area contributed by atoms with Gasteiger partial charge in [0.1, 0.15) is 6.54 Å². The third-order valence-electron chi connectivity index (χ3n) is 3.63. The van der Waals surface area contributed by atoms with Crippen LogP contribution >= 0.6 is 46.1 Å². The van der Waals surface area contributed by atoms with E-state index >= 15 is 0 Å². The number of benzene rings is 2. The molecule has 148 valence electrons. The third-order valence-corrected chi connectivity index (χ3v) is 7.12. The number of thiazole rings is 1. The SMILES string of the molecule is CCOC(=O)Cn1/c(=N/S(=O)(=O)c2ccc(Cl)cc2)sc2c(Cl)ccc(Cl)c21. The molecule has 0 aliphatic heterocycles. The van der Waals surface area contributed by atoms with Crippen LogP contribution in [-0.4, -0.2) is 25.6 Å². The van der Waals surface area contributed by atoms with Crippen molar-refractivity contribution >= 4 is 72.3 Å². The smallest absolute Gasteiger partial charge is 0.326 e. The van der Waals surface area contributed by atoms with Crippen LogP contribution in [0.1, 0.15) is 6.92 Å². The molecule has 0 aliphatic carbocycles. The van der Waals surface area contributed by atoms with E-state index in [1.54, 1.807) is 19.1 Å². The number of esters is 1. The summed E-state index contributed by atoms with van der Waals surface area (Å²) in [5, 5.41) is 1.08. The number of rotatable bonds is 5. The van der Waals surface area contributed by atoms with Crippen molar-refractivity contribution in [3.63, 3.8) is 0 Å². The molecule has 0 N–H and O–H groups in total. The minimum Gasteiger partial charge on any atom is -0.465 e. The van der Waals surface area contributed by atoms with Crippen LogP contribution in [-0.2, 0) is 26.1 Å². The molecular formula is C17H13Cl3N2O4S2. The summed E-state index contributed by atoms with van der Waals surface area (Å²) in [6.45, 7) is 1.60. The molecule has 1 heterocycles. The van der Waals surface area contributed by atoms with Gasteiger partial charge in [0.05, 0.1) is 31.8 Å². The normalized spacial score (nSPS) is 12.5. The molecule has 0 radical (unpaired) electrons. The van der Waals surface area contributed by atoms with Crippen LogP contribution in [0, 0.1) is 0 Å². The molecule has 0 spiro atoms. The molecule has 0 amide bonds. The average molecular weight is 480 g/mol. The van der Waals surface area contributed by atoms with Crippen molar-refractivity contribution in [3.05, 3.63) is 56.3 Å².